The molecule has 2 aromatic rings. The van der Waals surface area contributed by atoms with Crippen LogP contribution in [0.4, 0.5) is 17.3 Å². The van der Waals surface area contributed by atoms with E-state index < -0.39 is 5.91 Å². The summed E-state index contributed by atoms with van der Waals surface area (Å²) in [5.41, 5.74) is 4.76. The van der Waals surface area contributed by atoms with Crippen molar-refractivity contribution in [3.8, 4) is 0 Å². The Labute approximate surface area is 177 Å². The Morgan fingerprint density at radius 2 is 1.93 bits per heavy atom. The molecule has 0 saturated carbocycles. The Hall–Kier alpha value is -3.04. The SMILES string of the molecule is CNc1nn(CCN2CCCC2c2ccc(/C=C/C(=O)NO)cc2)c(NC)c1NC. The number of amides is 1. The molecule has 1 fully saturated rings. The summed E-state index contributed by atoms with van der Waals surface area (Å²) in [5, 5.41) is 22.8. The molecule has 5 N–H and O–H groups in total. The van der Waals surface area contributed by atoms with Gasteiger partial charge in [0.25, 0.3) is 5.91 Å². The first-order valence-corrected chi connectivity index (χ1v) is 10.2. The second kappa shape index (κ2) is 10.1. The summed E-state index contributed by atoms with van der Waals surface area (Å²) in [4.78, 5) is 13.6. The van der Waals surface area contributed by atoms with E-state index in [-0.39, 0.29) is 0 Å². The summed E-state index contributed by atoms with van der Waals surface area (Å²) in [7, 11) is 5.68. The van der Waals surface area contributed by atoms with Crippen LogP contribution >= 0.6 is 0 Å². The first kappa shape index (κ1) is 21.7. The number of aromatic nitrogens is 2. The van der Waals surface area contributed by atoms with E-state index in [1.54, 1.807) is 11.6 Å². The van der Waals surface area contributed by atoms with Crippen LogP contribution in [-0.2, 0) is 11.3 Å². The molecule has 162 valence electrons. The normalized spacial score (nSPS) is 16.7. The number of hydroxylamine groups is 1. The number of hydrogen-bond donors (Lipinski definition) is 5. The van der Waals surface area contributed by atoms with E-state index in [1.165, 1.54) is 18.1 Å². The third-order valence-electron chi connectivity index (χ3n) is 5.50. The molecule has 0 radical (unpaired) electrons. The van der Waals surface area contributed by atoms with Gasteiger partial charge in [-0.2, -0.15) is 5.10 Å². The number of anilines is 3. The summed E-state index contributed by atoms with van der Waals surface area (Å²) in [6, 6.07) is 8.61. The van der Waals surface area contributed by atoms with Gasteiger partial charge in [0, 0.05) is 39.8 Å². The van der Waals surface area contributed by atoms with Gasteiger partial charge in [-0.1, -0.05) is 24.3 Å². The number of benzene rings is 1. The second-order valence-electron chi connectivity index (χ2n) is 7.22. The van der Waals surface area contributed by atoms with Crippen LogP contribution in [0, 0.1) is 0 Å². The molecule has 1 saturated heterocycles. The zero-order chi connectivity index (χ0) is 21.5. The number of likely N-dealkylation sites (tertiary alicyclic amines) is 1. The van der Waals surface area contributed by atoms with E-state index >= 15 is 0 Å². The van der Waals surface area contributed by atoms with Crippen molar-refractivity contribution in [1.82, 2.24) is 20.2 Å². The predicted octanol–water partition coefficient (Wildman–Crippen LogP) is 2.36. The summed E-state index contributed by atoms with van der Waals surface area (Å²) >= 11 is 0. The van der Waals surface area contributed by atoms with E-state index in [0.717, 1.165) is 48.9 Å². The van der Waals surface area contributed by atoms with Crippen LogP contribution in [-0.4, -0.2) is 60.0 Å². The summed E-state index contributed by atoms with van der Waals surface area (Å²) in [6.45, 7) is 2.77. The smallest absolute Gasteiger partial charge is 0.267 e. The fraction of sp³-hybridized carbons (Fsp3) is 0.429. The Kier molecular flexibility index (Phi) is 7.31. The van der Waals surface area contributed by atoms with Gasteiger partial charge in [0.05, 0.1) is 6.54 Å². The number of hydrogen-bond acceptors (Lipinski definition) is 7. The number of carbonyl (C=O) groups is 1. The minimum Gasteiger partial charge on any atom is -0.382 e. The molecule has 0 spiro atoms. The molecule has 1 aliphatic heterocycles. The van der Waals surface area contributed by atoms with Crippen molar-refractivity contribution < 1.29 is 10.0 Å². The number of rotatable bonds is 9. The van der Waals surface area contributed by atoms with E-state index in [0.29, 0.717) is 6.04 Å². The zero-order valence-electron chi connectivity index (χ0n) is 17.8. The van der Waals surface area contributed by atoms with Crippen molar-refractivity contribution in [2.75, 3.05) is 50.2 Å². The molecule has 9 nitrogen and oxygen atoms in total. The van der Waals surface area contributed by atoms with Crippen molar-refractivity contribution in [3.63, 3.8) is 0 Å². The van der Waals surface area contributed by atoms with E-state index in [9.17, 15) is 4.79 Å². The molecule has 1 aliphatic rings. The number of carbonyl (C=O) groups excluding carboxylic acids is 1. The summed E-state index contributed by atoms with van der Waals surface area (Å²) < 4.78 is 2.01. The van der Waals surface area contributed by atoms with Crippen LogP contribution in [0.3, 0.4) is 0 Å². The highest BCUT2D eigenvalue weighted by molar-refractivity contribution is 5.90. The minimum atomic E-state index is -0.538. The molecule has 3 rings (SSSR count). The molecule has 1 aromatic heterocycles. The van der Waals surface area contributed by atoms with Gasteiger partial charge < -0.3 is 16.0 Å². The Balaban J connectivity index is 1.67. The van der Waals surface area contributed by atoms with Gasteiger partial charge in [0.2, 0.25) is 0 Å². The molecule has 1 atom stereocenters. The highest BCUT2D eigenvalue weighted by atomic mass is 16.5. The molecule has 1 amide bonds. The van der Waals surface area contributed by atoms with Gasteiger partial charge in [-0.15, -0.1) is 0 Å². The molecular weight excluding hydrogens is 382 g/mol. The second-order valence-corrected chi connectivity index (χ2v) is 7.22. The maximum absolute atomic E-state index is 11.1. The Morgan fingerprint density at radius 1 is 1.17 bits per heavy atom. The van der Waals surface area contributed by atoms with E-state index in [2.05, 4.69) is 38.1 Å². The molecule has 30 heavy (non-hydrogen) atoms. The average Bonchev–Trinajstić information content (AvgIpc) is 3.39. The molecule has 0 bridgehead atoms. The average molecular weight is 414 g/mol. The van der Waals surface area contributed by atoms with Crippen molar-refractivity contribution in [3.05, 3.63) is 41.5 Å². The van der Waals surface area contributed by atoms with Crippen molar-refractivity contribution in [1.29, 1.82) is 0 Å². The fourth-order valence-electron chi connectivity index (χ4n) is 4.02. The quantitative estimate of drug-likeness (QED) is 0.244. The summed E-state index contributed by atoms with van der Waals surface area (Å²) in [6.07, 6.45) is 5.28. The van der Waals surface area contributed by atoms with E-state index in [1.807, 2.05) is 38.0 Å². The van der Waals surface area contributed by atoms with Crippen molar-refractivity contribution in [2.45, 2.75) is 25.4 Å². The fourth-order valence-corrected chi connectivity index (χ4v) is 4.02. The van der Waals surface area contributed by atoms with Crippen LogP contribution in [0.1, 0.15) is 30.0 Å². The van der Waals surface area contributed by atoms with Gasteiger partial charge in [-0.3, -0.25) is 14.9 Å². The van der Waals surface area contributed by atoms with Crippen molar-refractivity contribution in [2.24, 2.45) is 0 Å². The highest BCUT2D eigenvalue weighted by Gasteiger charge is 2.26. The largest absolute Gasteiger partial charge is 0.382 e. The number of nitrogens with zero attached hydrogens (tertiary/aromatic N) is 3. The first-order valence-electron chi connectivity index (χ1n) is 10.2. The molecule has 0 aliphatic carbocycles. The lowest BCUT2D eigenvalue weighted by Gasteiger charge is -2.25. The third-order valence-corrected chi connectivity index (χ3v) is 5.50. The summed E-state index contributed by atoms with van der Waals surface area (Å²) in [5.74, 6) is 1.27. The lowest BCUT2D eigenvalue weighted by atomic mass is 10.0. The molecular formula is C21H31N7O2. The maximum atomic E-state index is 11.1. The first-order chi connectivity index (χ1) is 14.6. The third kappa shape index (κ3) is 4.74. The van der Waals surface area contributed by atoms with E-state index in [4.69, 9.17) is 5.21 Å². The lowest BCUT2D eigenvalue weighted by molar-refractivity contribution is -0.124. The standard InChI is InChI=1S/C21H31N7O2/c1-22-19-20(23-2)25-28(21(19)24-3)14-13-27-12-4-5-17(27)16-9-6-15(7-10-16)8-11-18(29)26-30/h6-11,17,22,24,30H,4-5,12-14H2,1-3H3,(H,23,25)(H,26,29)/b11-8+. The topological polar surface area (TPSA) is 106 Å². The van der Waals surface area contributed by atoms with Crippen LogP contribution < -0.4 is 21.4 Å². The van der Waals surface area contributed by atoms with Gasteiger partial charge in [0.1, 0.15) is 11.5 Å². The van der Waals surface area contributed by atoms with Gasteiger partial charge in [-0.05, 0) is 36.6 Å². The monoisotopic (exact) mass is 413 g/mol. The number of nitrogens with one attached hydrogen (secondary N) is 4. The van der Waals surface area contributed by atoms with Crippen LogP contribution in [0.2, 0.25) is 0 Å². The minimum absolute atomic E-state index is 0.380. The molecule has 2 heterocycles. The van der Waals surface area contributed by atoms with Crippen LogP contribution in [0.5, 0.6) is 0 Å². The Bertz CT molecular complexity index is 876. The van der Waals surface area contributed by atoms with Crippen LogP contribution in [0.15, 0.2) is 30.3 Å². The predicted molar refractivity (Wildman–Crippen MR) is 120 cm³/mol. The van der Waals surface area contributed by atoms with Gasteiger partial charge in [0.15, 0.2) is 5.82 Å². The van der Waals surface area contributed by atoms with Gasteiger partial charge >= 0.3 is 0 Å². The molecule has 1 aromatic carbocycles. The van der Waals surface area contributed by atoms with Crippen LogP contribution in [0.25, 0.3) is 6.08 Å². The molecule has 9 heteroatoms. The lowest BCUT2D eigenvalue weighted by Crippen LogP contribution is -2.28. The van der Waals surface area contributed by atoms with Gasteiger partial charge in [-0.25, -0.2) is 10.2 Å². The zero-order valence-corrected chi connectivity index (χ0v) is 17.8. The Morgan fingerprint density at radius 3 is 2.57 bits per heavy atom. The van der Waals surface area contributed by atoms with Crippen molar-refractivity contribution >= 4 is 29.3 Å². The molecule has 1 unspecified atom stereocenters. The maximum Gasteiger partial charge on any atom is 0.267 e. The highest BCUT2D eigenvalue weighted by Crippen LogP contribution is 2.33.